The second-order valence-electron chi connectivity index (χ2n) is 11.5. The Labute approximate surface area is 239 Å². The molecule has 1 aromatic heterocycles. The molecule has 1 aromatic carbocycles. The van der Waals surface area contributed by atoms with E-state index in [4.69, 9.17) is 11.6 Å². The van der Waals surface area contributed by atoms with Crippen LogP contribution in [0.15, 0.2) is 18.2 Å². The minimum Gasteiger partial charge on any atom is -0.347 e. The molecular formula is C27H28ClF3N4O5S. The number of alkyl halides is 2. The van der Waals surface area contributed by atoms with Crippen molar-refractivity contribution >= 4 is 56.2 Å². The molecule has 41 heavy (non-hydrogen) atoms. The highest BCUT2D eigenvalue weighted by molar-refractivity contribution is 8.01. The number of nitrogens with one attached hydrogen (secondary N) is 3. The number of carbonyl (C=O) groups is 4. The lowest BCUT2D eigenvalue weighted by Crippen LogP contribution is -2.74. The van der Waals surface area contributed by atoms with Gasteiger partial charge in [0, 0.05) is 42.3 Å². The number of Topliss-reactive ketones (excluding diaryl/α,β-unsaturated/α-hetero) is 1. The molecule has 220 valence electrons. The van der Waals surface area contributed by atoms with E-state index in [9.17, 15) is 36.6 Å². The van der Waals surface area contributed by atoms with Gasteiger partial charge in [0.05, 0.1) is 16.1 Å². The minimum absolute atomic E-state index is 0.0355. The van der Waals surface area contributed by atoms with E-state index < -0.39 is 68.7 Å². The molecule has 0 atom stereocenters. The number of rotatable bonds is 7. The average Bonchev–Trinajstić information content (AvgIpc) is 3.37. The Bertz CT molecular complexity index is 1620. The lowest BCUT2D eigenvalue weighted by Gasteiger charge is -2.49. The van der Waals surface area contributed by atoms with Crippen molar-refractivity contribution in [2.45, 2.75) is 63.1 Å². The van der Waals surface area contributed by atoms with Crippen LogP contribution in [-0.4, -0.2) is 66.7 Å². The molecule has 14 heteroatoms. The van der Waals surface area contributed by atoms with Crippen LogP contribution >= 0.6 is 11.6 Å². The largest absolute Gasteiger partial charge is 0.347 e. The zero-order chi connectivity index (χ0) is 30.1. The van der Waals surface area contributed by atoms with Gasteiger partial charge in [-0.05, 0) is 65.8 Å². The van der Waals surface area contributed by atoms with Crippen molar-refractivity contribution in [2.24, 2.45) is 0 Å². The summed E-state index contributed by atoms with van der Waals surface area (Å²) in [5.74, 6) is -4.00. The second-order valence-corrected chi connectivity index (χ2v) is 14.4. The van der Waals surface area contributed by atoms with Gasteiger partial charge in [-0.25, -0.2) is 13.2 Å². The van der Waals surface area contributed by atoms with Crippen molar-refractivity contribution in [3.8, 4) is 0 Å². The highest BCUT2D eigenvalue weighted by Gasteiger charge is 2.63. The zero-order valence-corrected chi connectivity index (χ0v) is 23.9. The number of aromatic nitrogens is 1. The van der Waals surface area contributed by atoms with Crippen LogP contribution in [0.1, 0.15) is 58.3 Å². The van der Waals surface area contributed by atoms with Crippen molar-refractivity contribution < 1.29 is 36.6 Å². The fourth-order valence-electron chi connectivity index (χ4n) is 6.19. The van der Waals surface area contributed by atoms with Crippen LogP contribution in [0.3, 0.4) is 0 Å². The van der Waals surface area contributed by atoms with Crippen LogP contribution in [0, 0.1) is 12.7 Å². The number of carbonyl (C=O) groups excluding carboxylic acids is 4. The van der Waals surface area contributed by atoms with Gasteiger partial charge >= 0.3 is 0 Å². The maximum absolute atomic E-state index is 14.0. The number of anilines is 1. The van der Waals surface area contributed by atoms with E-state index in [1.807, 2.05) is 0 Å². The van der Waals surface area contributed by atoms with Crippen LogP contribution in [0.2, 0.25) is 5.02 Å². The Morgan fingerprint density at radius 3 is 2.37 bits per heavy atom. The van der Waals surface area contributed by atoms with Gasteiger partial charge < -0.3 is 20.5 Å². The number of benzene rings is 1. The molecule has 9 nitrogen and oxygen atoms in total. The van der Waals surface area contributed by atoms with Crippen molar-refractivity contribution in [2.75, 3.05) is 16.8 Å². The van der Waals surface area contributed by atoms with Crippen molar-refractivity contribution in [3.63, 3.8) is 0 Å². The third-order valence-electron chi connectivity index (χ3n) is 7.72. The SMILES string of the molecule is C=S1(=O)CC(C)(NC(=O)C2(NC(=O)C(=O)c3c(C)c(C(=O)Nc4ccc(F)c(Cl)c4)n4c3CCC4)CC(F)(F)C2)C1. The summed E-state index contributed by atoms with van der Waals surface area (Å²) < 4.78 is 55.3. The highest BCUT2D eigenvalue weighted by atomic mass is 35.5. The number of amides is 3. The Kier molecular flexibility index (Phi) is 6.85. The first-order valence-electron chi connectivity index (χ1n) is 12.8. The Hall–Kier alpha value is -3.32. The zero-order valence-electron chi connectivity index (χ0n) is 22.3. The normalized spacial score (nSPS) is 25.3. The minimum atomic E-state index is -3.23. The summed E-state index contributed by atoms with van der Waals surface area (Å²) in [4.78, 5) is 53.0. The predicted octanol–water partition coefficient (Wildman–Crippen LogP) is 2.86. The van der Waals surface area contributed by atoms with E-state index in [1.165, 1.54) is 19.1 Å². The summed E-state index contributed by atoms with van der Waals surface area (Å²) >= 11 is 5.81. The van der Waals surface area contributed by atoms with Gasteiger partial charge in [0.2, 0.25) is 5.91 Å². The standard InChI is InChI=1S/C27H28ClF3N4O5S/c1-14-19(18-5-4-8-35(18)20(14)22(37)32-15-6-7-17(29)16(28)9-15)21(36)23(38)33-26(10-27(30,31)11-26)24(39)34-25(2)12-41(3,40)13-25/h6-7,9H,3-5,8,10-13H2,1-2H3,(H,32,37)(H,33,38)(H,34,39). The van der Waals surface area contributed by atoms with Gasteiger partial charge in [-0.3, -0.25) is 23.4 Å². The molecule has 5 rings (SSSR count). The van der Waals surface area contributed by atoms with E-state index in [1.54, 1.807) is 11.5 Å². The molecule has 0 radical (unpaired) electrons. The number of halogens is 4. The highest BCUT2D eigenvalue weighted by Crippen LogP contribution is 2.46. The van der Waals surface area contributed by atoms with Crippen LogP contribution in [-0.2, 0) is 32.1 Å². The molecule has 1 saturated carbocycles. The lowest BCUT2D eigenvalue weighted by atomic mass is 9.72. The monoisotopic (exact) mass is 612 g/mol. The molecule has 2 fully saturated rings. The number of hydrogen-bond donors (Lipinski definition) is 3. The van der Waals surface area contributed by atoms with Crippen LogP contribution < -0.4 is 16.0 Å². The molecule has 0 spiro atoms. The van der Waals surface area contributed by atoms with Crippen molar-refractivity contribution in [1.29, 1.82) is 0 Å². The lowest BCUT2D eigenvalue weighted by molar-refractivity contribution is -0.166. The molecule has 3 amide bonds. The van der Waals surface area contributed by atoms with Gasteiger partial charge in [-0.2, -0.15) is 0 Å². The summed E-state index contributed by atoms with van der Waals surface area (Å²) in [5, 5.41) is 7.28. The fourth-order valence-corrected chi connectivity index (χ4v) is 8.75. The first-order valence-corrected chi connectivity index (χ1v) is 15.3. The Balaban J connectivity index is 1.39. The van der Waals surface area contributed by atoms with Gasteiger partial charge in [0.25, 0.3) is 23.5 Å². The molecule has 1 saturated heterocycles. The summed E-state index contributed by atoms with van der Waals surface area (Å²) in [6, 6.07) is 3.64. The van der Waals surface area contributed by atoms with Gasteiger partial charge in [0.1, 0.15) is 17.1 Å². The third-order valence-corrected chi connectivity index (χ3v) is 10.3. The maximum Gasteiger partial charge on any atom is 0.293 e. The molecule has 2 aliphatic heterocycles. The summed E-state index contributed by atoms with van der Waals surface area (Å²) in [6.45, 7) is 3.49. The fraction of sp³-hybridized carbons (Fsp3) is 0.444. The quantitative estimate of drug-likeness (QED) is 0.252. The number of hydrogen-bond acceptors (Lipinski definition) is 5. The maximum atomic E-state index is 14.0. The summed E-state index contributed by atoms with van der Waals surface area (Å²) in [6.07, 6.45) is -1.02. The molecular weight excluding hydrogens is 585 g/mol. The topological polar surface area (TPSA) is 126 Å². The van der Waals surface area contributed by atoms with E-state index in [2.05, 4.69) is 21.8 Å². The second kappa shape index (κ2) is 9.62. The first kappa shape index (κ1) is 29.2. The molecule has 2 aromatic rings. The predicted molar refractivity (Wildman–Crippen MR) is 148 cm³/mol. The molecule has 1 aliphatic carbocycles. The molecule has 0 unspecified atom stereocenters. The molecule has 3 N–H and O–H groups in total. The first-order chi connectivity index (χ1) is 18.9. The van der Waals surface area contributed by atoms with E-state index in [0.29, 0.717) is 25.1 Å². The third kappa shape index (κ3) is 5.25. The molecule has 3 heterocycles. The van der Waals surface area contributed by atoms with E-state index in [0.717, 1.165) is 6.07 Å². The Morgan fingerprint density at radius 1 is 1.12 bits per heavy atom. The Morgan fingerprint density at radius 2 is 1.78 bits per heavy atom. The van der Waals surface area contributed by atoms with Crippen molar-refractivity contribution in [3.05, 3.63) is 51.6 Å². The van der Waals surface area contributed by atoms with Crippen molar-refractivity contribution in [1.82, 2.24) is 15.2 Å². The number of fused-ring (bicyclic) bond motifs is 1. The van der Waals surface area contributed by atoms with Crippen LogP contribution in [0.25, 0.3) is 0 Å². The van der Waals surface area contributed by atoms with E-state index in [-0.39, 0.29) is 39.0 Å². The molecule has 0 bridgehead atoms. The number of nitrogens with zero attached hydrogens (tertiary/aromatic N) is 1. The van der Waals surface area contributed by atoms with Crippen LogP contribution in [0.5, 0.6) is 0 Å². The van der Waals surface area contributed by atoms with E-state index >= 15 is 0 Å². The number of ketones is 1. The van der Waals surface area contributed by atoms with Crippen LogP contribution in [0.4, 0.5) is 18.9 Å². The summed E-state index contributed by atoms with van der Waals surface area (Å²) in [5.41, 5.74) is -2.02. The smallest absolute Gasteiger partial charge is 0.293 e. The van der Waals surface area contributed by atoms with Gasteiger partial charge in [-0.1, -0.05) is 11.6 Å². The summed E-state index contributed by atoms with van der Waals surface area (Å²) in [7, 11) is -2.37. The van der Waals surface area contributed by atoms with Gasteiger partial charge in [0.15, 0.2) is 0 Å². The molecule has 3 aliphatic rings. The van der Waals surface area contributed by atoms with Gasteiger partial charge in [-0.15, -0.1) is 0 Å². The average molecular weight is 613 g/mol.